The number of halogens is 2. The van der Waals surface area contributed by atoms with E-state index in [9.17, 15) is 22.4 Å². The van der Waals surface area contributed by atoms with Crippen molar-refractivity contribution in [3.63, 3.8) is 0 Å². The third-order valence-corrected chi connectivity index (χ3v) is 9.61. The van der Waals surface area contributed by atoms with Crippen molar-refractivity contribution in [1.29, 1.82) is 0 Å². The lowest BCUT2D eigenvalue weighted by atomic mass is 10.0. The lowest BCUT2D eigenvalue weighted by Crippen LogP contribution is -2.50. The fourth-order valence-electron chi connectivity index (χ4n) is 5.00. The molecule has 5 rings (SSSR count). The topological polar surface area (TPSA) is 95.6 Å². The molecule has 0 heterocycles. The predicted molar refractivity (Wildman–Crippen MR) is 172 cm³/mol. The fourth-order valence-corrected chi connectivity index (χ4v) is 6.51. The first kappa shape index (κ1) is 32.3. The van der Waals surface area contributed by atoms with Gasteiger partial charge in [0, 0.05) is 37.0 Å². The standard InChI is InChI=1S/C35H35ClFN3O4S/c36-32-9-5-4-8-28(32)23-38-35(42)33(22-26-6-2-1-3-7-26)40(24-27-10-15-29(37)16-11-27)34(41)21-14-25-12-19-31(20-13-25)45(43,44)39-30-17-18-30/h1-13,15-16,19-20,30,33,39H,14,17-18,21-24H2,(H,38,42)/t33-/m0/s1. The first-order valence-corrected chi connectivity index (χ1v) is 16.7. The largest absolute Gasteiger partial charge is 0.350 e. The Morgan fingerprint density at radius 2 is 1.49 bits per heavy atom. The van der Waals surface area contributed by atoms with E-state index in [1.54, 1.807) is 47.4 Å². The molecule has 4 aromatic rings. The minimum Gasteiger partial charge on any atom is -0.350 e. The minimum absolute atomic E-state index is 0.00472. The molecule has 1 fully saturated rings. The first-order valence-electron chi connectivity index (χ1n) is 14.9. The average molecular weight is 648 g/mol. The molecule has 2 N–H and O–H groups in total. The first-order chi connectivity index (χ1) is 21.7. The number of sulfonamides is 1. The lowest BCUT2D eigenvalue weighted by Gasteiger charge is -2.32. The van der Waals surface area contributed by atoms with Crippen LogP contribution in [-0.2, 0) is 45.5 Å². The van der Waals surface area contributed by atoms with Gasteiger partial charge in [0.2, 0.25) is 21.8 Å². The van der Waals surface area contributed by atoms with Crippen molar-refractivity contribution in [3.05, 3.63) is 136 Å². The Labute approximate surface area is 268 Å². The van der Waals surface area contributed by atoms with Crippen molar-refractivity contribution in [2.75, 3.05) is 0 Å². The Morgan fingerprint density at radius 1 is 0.844 bits per heavy atom. The van der Waals surface area contributed by atoms with Crippen LogP contribution in [0.1, 0.15) is 41.5 Å². The molecule has 7 nitrogen and oxygen atoms in total. The number of nitrogens with zero attached hydrogens (tertiary/aromatic N) is 1. The van der Waals surface area contributed by atoms with Gasteiger partial charge >= 0.3 is 0 Å². The maximum absolute atomic E-state index is 14.0. The molecule has 1 saturated carbocycles. The molecule has 2 amide bonds. The number of rotatable bonds is 14. The molecular weight excluding hydrogens is 613 g/mol. The van der Waals surface area contributed by atoms with Crippen LogP contribution >= 0.6 is 11.6 Å². The van der Waals surface area contributed by atoms with Gasteiger partial charge in [-0.05, 0) is 71.8 Å². The van der Waals surface area contributed by atoms with E-state index in [0.29, 0.717) is 17.0 Å². The van der Waals surface area contributed by atoms with E-state index in [4.69, 9.17) is 11.6 Å². The van der Waals surface area contributed by atoms with Crippen LogP contribution in [0.5, 0.6) is 0 Å². The van der Waals surface area contributed by atoms with Crippen LogP contribution in [0.25, 0.3) is 0 Å². The number of carbonyl (C=O) groups excluding carboxylic acids is 2. The monoisotopic (exact) mass is 647 g/mol. The number of benzene rings is 4. The second-order valence-corrected chi connectivity index (χ2v) is 13.3. The van der Waals surface area contributed by atoms with Gasteiger partial charge < -0.3 is 10.2 Å². The SMILES string of the molecule is O=C(NCc1ccccc1Cl)[C@H](Cc1ccccc1)N(Cc1ccc(F)cc1)C(=O)CCc1ccc(S(=O)(=O)NC2CC2)cc1. The lowest BCUT2D eigenvalue weighted by molar-refractivity contribution is -0.141. The molecule has 234 valence electrons. The quantitative estimate of drug-likeness (QED) is 0.181. The molecule has 0 aliphatic heterocycles. The van der Waals surface area contributed by atoms with Crippen molar-refractivity contribution < 1.29 is 22.4 Å². The Morgan fingerprint density at radius 3 is 2.16 bits per heavy atom. The van der Waals surface area contributed by atoms with E-state index in [-0.39, 0.29) is 48.7 Å². The second-order valence-electron chi connectivity index (χ2n) is 11.2. The maximum atomic E-state index is 14.0. The Hall–Kier alpha value is -4.05. The molecule has 0 saturated heterocycles. The summed E-state index contributed by atoms with van der Waals surface area (Å²) in [6.45, 7) is 0.285. The molecule has 4 aromatic carbocycles. The summed E-state index contributed by atoms with van der Waals surface area (Å²) >= 11 is 6.33. The summed E-state index contributed by atoms with van der Waals surface area (Å²) in [5.41, 5.74) is 3.10. The van der Waals surface area contributed by atoms with Gasteiger partial charge in [-0.15, -0.1) is 0 Å². The normalized spacial score (nSPS) is 13.6. The van der Waals surface area contributed by atoms with Gasteiger partial charge in [0.25, 0.3) is 0 Å². The van der Waals surface area contributed by atoms with Gasteiger partial charge in [-0.2, -0.15) is 0 Å². The average Bonchev–Trinajstić information content (AvgIpc) is 3.86. The van der Waals surface area contributed by atoms with Crippen LogP contribution in [0.4, 0.5) is 4.39 Å². The van der Waals surface area contributed by atoms with Gasteiger partial charge in [0.1, 0.15) is 11.9 Å². The van der Waals surface area contributed by atoms with Crippen LogP contribution in [0, 0.1) is 5.82 Å². The van der Waals surface area contributed by atoms with Crippen LogP contribution in [0.3, 0.4) is 0 Å². The summed E-state index contributed by atoms with van der Waals surface area (Å²) in [6, 6.07) is 28.2. The van der Waals surface area contributed by atoms with E-state index >= 15 is 0 Å². The third-order valence-electron chi connectivity index (χ3n) is 7.71. The molecule has 45 heavy (non-hydrogen) atoms. The van der Waals surface area contributed by atoms with Crippen molar-refractivity contribution >= 4 is 33.4 Å². The van der Waals surface area contributed by atoms with Gasteiger partial charge in [0.05, 0.1) is 4.90 Å². The predicted octanol–water partition coefficient (Wildman–Crippen LogP) is 5.81. The number of amides is 2. The van der Waals surface area contributed by atoms with Gasteiger partial charge in [-0.1, -0.05) is 84.4 Å². The summed E-state index contributed by atoms with van der Waals surface area (Å²) in [5.74, 6) is -1.00. The van der Waals surface area contributed by atoms with Crippen molar-refractivity contribution in [2.45, 2.75) is 62.2 Å². The summed E-state index contributed by atoms with van der Waals surface area (Å²) in [4.78, 5) is 29.5. The van der Waals surface area contributed by atoms with Crippen LogP contribution in [0.15, 0.2) is 108 Å². The molecule has 0 aromatic heterocycles. The maximum Gasteiger partial charge on any atom is 0.243 e. The molecule has 0 bridgehead atoms. The van der Waals surface area contributed by atoms with Crippen molar-refractivity contribution in [1.82, 2.24) is 14.9 Å². The highest BCUT2D eigenvalue weighted by atomic mass is 35.5. The molecular formula is C35H35ClFN3O4S. The molecule has 10 heteroatoms. The van der Waals surface area contributed by atoms with E-state index in [2.05, 4.69) is 10.0 Å². The highest BCUT2D eigenvalue weighted by Gasteiger charge is 2.31. The summed E-state index contributed by atoms with van der Waals surface area (Å²) in [7, 11) is -3.58. The number of nitrogens with one attached hydrogen (secondary N) is 2. The van der Waals surface area contributed by atoms with E-state index in [0.717, 1.165) is 29.5 Å². The third kappa shape index (κ3) is 9.23. The van der Waals surface area contributed by atoms with Gasteiger partial charge in [0.15, 0.2) is 0 Å². The van der Waals surface area contributed by atoms with Crippen LogP contribution in [0.2, 0.25) is 5.02 Å². The Kier molecular flexibility index (Phi) is 10.7. The van der Waals surface area contributed by atoms with E-state index in [1.165, 1.54) is 12.1 Å². The minimum atomic E-state index is -3.58. The van der Waals surface area contributed by atoms with Crippen LogP contribution < -0.4 is 10.0 Å². The molecule has 1 aliphatic rings. The van der Waals surface area contributed by atoms with Crippen LogP contribution in [-0.4, -0.2) is 37.2 Å². The zero-order chi connectivity index (χ0) is 31.8. The van der Waals surface area contributed by atoms with E-state index < -0.39 is 21.9 Å². The molecule has 0 unspecified atom stereocenters. The highest BCUT2D eigenvalue weighted by molar-refractivity contribution is 7.89. The summed E-state index contributed by atoms with van der Waals surface area (Å²) < 4.78 is 41.5. The molecule has 0 spiro atoms. The zero-order valence-electron chi connectivity index (χ0n) is 24.7. The molecule has 1 aliphatic carbocycles. The zero-order valence-corrected chi connectivity index (χ0v) is 26.2. The number of carbonyl (C=O) groups is 2. The van der Waals surface area contributed by atoms with Gasteiger partial charge in [-0.3, -0.25) is 9.59 Å². The second kappa shape index (κ2) is 14.8. The Balaban J connectivity index is 1.37. The summed E-state index contributed by atoms with van der Waals surface area (Å²) in [5, 5.41) is 3.49. The van der Waals surface area contributed by atoms with Crippen molar-refractivity contribution in [2.24, 2.45) is 0 Å². The van der Waals surface area contributed by atoms with E-state index in [1.807, 2.05) is 48.5 Å². The Bertz CT molecular complexity index is 1710. The summed E-state index contributed by atoms with van der Waals surface area (Å²) in [6.07, 6.45) is 2.38. The highest BCUT2D eigenvalue weighted by Crippen LogP contribution is 2.23. The van der Waals surface area contributed by atoms with Gasteiger partial charge in [-0.25, -0.2) is 17.5 Å². The fraction of sp³-hybridized carbons (Fsp3) is 0.257. The van der Waals surface area contributed by atoms with Crippen molar-refractivity contribution in [3.8, 4) is 0 Å². The smallest absolute Gasteiger partial charge is 0.243 e. The molecule has 1 atom stereocenters. The number of aryl methyl sites for hydroxylation is 1. The number of hydrogen-bond acceptors (Lipinski definition) is 4. The molecule has 0 radical (unpaired) electrons. The number of hydrogen-bond donors (Lipinski definition) is 2.